The summed E-state index contributed by atoms with van der Waals surface area (Å²) in [5.74, 6) is 0. The van der Waals surface area contributed by atoms with E-state index in [2.05, 4.69) is 110 Å². The normalized spacial score (nSPS) is 11.8. The van der Waals surface area contributed by atoms with Crippen LogP contribution in [0.3, 0.4) is 0 Å². The molecule has 3 rings (SSSR count). The highest BCUT2D eigenvalue weighted by Gasteiger charge is 2.28. The third-order valence-electron chi connectivity index (χ3n) is 8.71. The lowest BCUT2D eigenvalue weighted by Gasteiger charge is -2.39. The lowest BCUT2D eigenvalue weighted by Crippen LogP contribution is -2.46. The summed E-state index contributed by atoms with van der Waals surface area (Å²) in [6.45, 7) is 6.73. The molecule has 42 heavy (non-hydrogen) atoms. The van der Waals surface area contributed by atoms with Crippen molar-refractivity contribution in [2.45, 2.75) is 129 Å². The minimum atomic E-state index is 1.08. The number of quaternary nitrogens is 1. The highest BCUT2D eigenvalue weighted by molar-refractivity contribution is 5.17. The number of unbranched alkanes of at least 4 members (excludes halogenated alkanes) is 14. The third kappa shape index (κ3) is 15.0. The van der Waals surface area contributed by atoms with Crippen LogP contribution in [0.4, 0.5) is 0 Å². The summed E-state index contributed by atoms with van der Waals surface area (Å²) < 4.78 is 1.09. The number of hydrogen-bond donors (Lipinski definition) is 0. The molecule has 0 saturated carbocycles. The maximum Gasteiger partial charge on any atom is 0.105 e. The minimum Gasteiger partial charge on any atom is -0.312 e. The van der Waals surface area contributed by atoms with Gasteiger partial charge in [-0.05, 0) is 32.1 Å². The smallest absolute Gasteiger partial charge is 0.105 e. The van der Waals surface area contributed by atoms with Gasteiger partial charge >= 0.3 is 0 Å². The summed E-state index contributed by atoms with van der Waals surface area (Å²) >= 11 is 0. The summed E-state index contributed by atoms with van der Waals surface area (Å²) in [6, 6.07) is 33.5. The van der Waals surface area contributed by atoms with E-state index in [0.29, 0.717) is 0 Å². The van der Waals surface area contributed by atoms with Crippen LogP contribution in [0.25, 0.3) is 0 Å². The Balaban J connectivity index is 1.37. The fourth-order valence-electron chi connectivity index (χ4n) is 6.37. The number of rotatable bonds is 24. The zero-order chi connectivity index (χ0) is 29.4. The first kappa shape index (κ1) is 33.9. The maximum absolute atomic E-state index is 2.39. The molecule has 0 amide bonds. The van der Waals surface area contributed by atoms with Crippen LogP contribution < -0.4 is 0 Å². The molecule has 0 atom stereocenters. The lowest BCUT2D eigenvalue weighted by atomic mass is 10.0. The van der Waals surface area contributed by atoms with Crippen molar-refractivity contribution < 1.29 is 4.48 Å². The van der Waals surface area contributed by atoms with E-state index in [1.54, 1.807) is 0 Å². The van der Waals surface area contributed by atoms with Crippen LogP contribution in [0.2, 0.25) is 0 Å². The van der Waals surface area contributed by atoms with Crippen molar-refractivity contribution in [1.29, 1.82) is 0 Å². The summed E-state index contributed by atoms with van der Waals surface area (Å²) in [5, 5.41) is 0. The molecule has 0 unspecified atom stereocenters. The van der Waals surface area contributed by atoms with Crippen molar-refractivity contribution in [3.05, 3.63) is 120 Å². The Bertz CT molecular complexity index is 939. The van der Waals surface area contributed by atoms with Gasteiger partial charge in [0, 0.05) is 16.7 Å². The fourth-order valence-corrected chi connectivity index (χ4v) is 6.37. The van der Waals surface area contributed by atoms with Gasteiger partial charge in [-0.3, -0.25) is 0 Å². The van der Waals surface area contributed by atoms with Crippen molar-refractivity contribution in [3.63, 3.8) is 0 Å². The van der Waals surface area contributed by atoms with Crippen molar-refractivity contribution in [2.24, 2.45) is 0 Å². The molecular weight excluding hydrogens is 506 g/mol. The highest BCUT2D eigenvalue weighted by atomic mass is 15.3. The molecule has 0 aliphatic heterocycles. The van der Waals surface area contributed by atoms with E-state index in [-0.39, 0.29) is 0 Å². The highest BCUT2D eigenvalue weighted by Crippen LogP contribution is 2.26. The van der Waals surface area contributed by atoms with E-state index in [1.165, 1.54) is 126 Å². The molecule has 228 valence electrons. The van der Waals surface area contributed by atoms with Crippen molar-refractivity contribution in [2.75, 3.05) is 6.54 Å². The second kappa shape index (κ2) is 22.0. The molecule has 0 fully saturated rings. The van der Waals surface area contributed by atoms with Gasteiger partial charge in [-0.1, -0.05) is 181 Å². The molecule has 0 N–H and O–H groups in total. The predicted octanol–water partition coefficient (Wildman–Crippen LogP) is 12.2. The standard InChI is InChI=1S/C41H60N/c1-2-3-4-5-6-7-8-9-10-11-12-13-14-15-16-17-18-28-35-42(36-39-29-22-19-23-30-39,37-40-31-24-20-25-32-40)38-41-33-26-21-27-34-41/h4-5,19-27,29-34H,2-3,6-18,28,35-38H2,1H3/q+1/b5-4+. The molecule has 1 nitrogen and oxygen atoms in total. The van der Waals surface area contributed by atoms with E-state index >= 15 is 0 Å². The maximum atomic E-state index is 2.39. The minimum absolute atomic E-state index is 1.08. The van der Waals surface area contributed by atoms with E-state index < -0.39 is 0 Å². The van der Waals surface area contributed by atoms with Gasteiger partial charge in [0.2, 0.25) is 0 Å². The zero-order valence-electron chi connectivity index (χ0n) is 26.9. The second-order valence-corrected chi connectivity index (χ2v) is 12.6. The van der Waals surface area contributed by atoms with Gasteiger partial charge in [-0.2, -0.15) is 0 Å². The number of nitrogens with zero attached hydrogens (tertiary/aromatic N) is 1. The Kier molecular flexibility index (Phi) is 17.7. The summed E-state index contributed by atoms with van der Waals surface area (Å²) in [6.07, 6.45) is 26.8. The SMILES string of the molecule is CCC/C=C/CCCCCCCCCCCCCCC[N+](Cc1ccccc1)(Cc1ccccc1)Cc1ccccc1. The van der Waals surface area contributed by atoms with Crippen LogP contribution >= 0.6 is 0 Å². The Morgan fingerprint density at radius 2 is 0.738 bits per heavy atom. The van der Waals surface area contributed by atoms with Crippen LogP contribution in [0, 0.1) is 0 Å². The molecule has 1 heteroatoms. The monoisotopic (exact) mass is 566 g/mol. The molecule has 0 heterocycles. The topological polar surface area (TPSA) is 0 Å². The van der Waals surface area contributed by atoms with Crippen LogP contribution in [0.1, 0.15) is 126 Å². The summed E-state index contributed by atoms with van der Waals surface area (Å²) in [5.41, 5.74) is 4.34. The van der Waals surface area contributed by atoms with Gasteiger partial charge in [0.05, 0.1) is 6.54 Å². The first-order valence-corrected chi connectivity index (χ1v) is 17.4. The number of benzene rings is 3. The van der Waals surface area contributed by atoms with Crippen LogP contribution in [-0.4, -0.2) is 11.0 Å². The zero-order valence-corrected chi connectivity index (χ0v) is 26.9. The third-order valence-corrected chi connectivity index (χ3v) is 8.71. The van der Waals surface area contributed by atoms with E-state index in [9.17, 15) is 0 Å². The average Bonchev–Trinajstić information content (AvgIpc) is 3.02. The molecule has 0 radical (unpaired) electrons. The predicted molar refractivity (Wildman–Crippen MR) is 184 cm³/mol. The van der Waals surface area contributed by atoms with Gasteiger partial charge in [0.1, 0.15) is 19.6 Å². The Morgan fingerprint density at radius 1 is 0.405 bits per heavy atom. The lowest BCUT2D eigenvalue weighted by molar-refractivity contribution is -0.966. The van der Waals surface area contributed by atoms with Crippen molar-refractivity contribution in [1.82, 2.24) is 0 Å². The van der Waals surface area contributed by atoms with Gasteiger partial charge in [0.25, 0.3) is 0 Å². The first-order chi connectivity index (χ1) is 20.8. The van der Waals surface area contributed by atoms with Crippen molar-refractivity contribution in [3.8, 4) is 0 Å². The summed E-state index contributed by atoms with van der Waals surface area (Å²) in [4.78, 5) is 0. The van der Waals surface area contributed by atoms with Gasteiger partial charge in [0.15, 0.2) is 0 Å². The fraction of sp³-hybridized carbons (Fsp3) is 0.512. The molecule has 0 saturated heterocycles. The molecule has 0 aliphatic rings. The van der Waals surface area contributed by atoms with Gasteiger partial charge in [-0.25, -0.2) is 0 Å². The molecule has 0 spiro atoms. The Hall–Kier alpha value is -2.64. The van der Waals surface area contributed by atoms with Crippen LogP contribution in [0.15, 0.2) is 103 Å². The molecule has 3 aromatic carbocycles. The average molecular weight is 567 g/mol. The number of allylic oxidation sites excluding steroid dienone is 2. The van der Waals surface area contributed by atoms with Crippen LogP contribution in [0.5, 0.6) is 0 Å². The van der Waals surface area contributed by atoms with E-state index in [1.807, 2.05) is 0 Å². The van der Waals surface area contributed by atoms with Gasteiger partial charge < -0.3 is 4.48 Å². The van der Waals surface area contributed by atoms with E-state index in [0.717, 1.165) is 24.1 Å². The molecule has 0 bridgehead atoms. The molecule has 3 aromatic rings. The van der Waals surface area contributed by atoms with Gasteiger partial charge in [-0.15, -0.1) is 0 Å². The Labute approximate surface area is 259 Å². The Morgan fingerprint density at radius 3 is 1.12 bits per heavy atom. The van der Waals surface area contributed by atoms with Crippen LogP contribution in [-0.2, 0) is 19.6 Å². The molecule has 0 aliphatic carbocycles. The second-order valence-electron chi connectivity index (χ2n) is 12.6. The molecular formula is C41H60N+. The van der Waals surface area contributed by atoms with Crippen molar-refractivity contribution >= 4 is 0 Å². The van der Waals surface area contributed by atoms with E-state index in [4.69, 9.17) is 0 Å². The summed E-state index contributed by atoms with van der Waals surface area (Å²) in [7, 11) is 0. The number of hydrogen-bond acceptors (Lipinski definition) is 0. The largest absolute Gasteiger partial charge is 0.312 e. The molecule has 0 aromatic heterocycles. The first-order valence-electron chi connectivity index (χ1n) is 17.4. The quantitative estimate of drug-likeness (QED) is 0.0574.